The van der Waals surface area contributed by atoms with Gasteiger partial charge in [0, 0.05) is 45.3 Å². The number of amides is 1. The van der Waals surface area contributed by atoms with Gasteiger partial charge in [-0.15, -0.1) is 0 Å². The average molecular weight is 357 g/mol. The molecule has 26 heavy (non-hydrogen) atoms. The maximum absolute atomic E-state index is 12.5. The Kier molecular flexibility index (Phi) is 4.85. The number of carbonyl (C=O) groups excluding carboxylic acids is 1. The Labute approximate surface area is 152 Å². The minimum absolute atomic E-state index is 0.238. The second kappa shape index (κ2) is 7.43. The normalized spacial score (nSPS) is 17.8. The third-order valence-corrected chi connectivity index (χ3v) is 4.89. The van der Waals surface area contributed by atoms with Gasteiger partial charge < -0.3 is 24.4 Å². The lowest BCUT2D eigenvalue weighted by molar-refractivity contribution is 0.0921. The molecule has 0 unspecified atom stereocenters. The number of rotatable bonds is 4. The molecule has 2 aliphatic heterocycles. The molecule has 4 rings (SSSR count). The van der Waals surface area contributed by atoms with Gasteiger partial charge in [0.2, 0.25) is 0 Å². The highest BCUT2D eigenvalue weighted by Crippen LogP contribution is 2.20. The predicted octanol–water partition coefficient (Wildman–Crippen LogP) is 0.824. The molecule has 1 fully saturated rings. The van der Waals surface area contributed by atoms with Crippen molar-refractivity contribution < 1.29 is 14.1 Å². The van der Waals surface area contributed by atoms with E-state index in [9.17, 15) is 4.79 Å². The van der Waals surface area contributed by atoms with Gasteiger partial charge in [0.15, 0.2) is 5.69 Å². The Morgan fingerprint density at radius 1 is 1.31 bits per heavy atom. The van der Waals surface area contributed by atoms with Gasteiger partial charge in [-0.3, -0.25) is 4.79 Å². The molecule has 0 aromatic carbocycles. The van der Waals surface area contributed by atoms with E-state index in [-0.39, 0.29) is 5.91 Å². The molecule has 0 saturated carbocycles. The van der Waals surface area contributed by atoms with E-state index in [0.29, 0.717) is 31.9 Å². The third-order valence-electron chi connectivity index (χ3n) is 4.89. The quantitative estimate of drug-likeness (QED) is 0.867. The molecule has 0 atom stereocenters. The molecule has 1 amide bonds. The first kappa shape index (κ1) is 17.0. The van der Waals surface area contributed by atoms with Crippen LogP contribution in [-0.2, 0) is 24.3 Å². The van der Waals surface area contributed by atoms with Crippen LogP contribution in [0, 0.1) is 0 Å². The van der Waals surface area contributed by atoms with Crippen molar-refractivity contribution >= 4 is 11.7 Å². The summed E-state index contributed by atoms with van der Waals surface area (Å²) in [5.41, 5.74) is 2.10. The highest BCUT2D eigenvalue weighted by Gasteiger charge is 2.24. The molecule has 0 aliphatic carbocycles. The van der Waals surface area contributed by atoms with Crippen molar-refractivity contribution in [2.75, 3.05) is 44.7 Å². The van der Waals surface area contributed by atoms with E-state index in [1.807, 2.05) is 12.1 Å². The second-order valence-corrected chi connectivity index (χ2v) is 6.73. The van der Waals surface area contributed by atoms with Crippen LogP contribution in [0.1, 0.15) is 27.4 Å². The summed E-state index contributed by atoms with van der Waals surface area (Å²) >= 11 is 0. The van der Waals surface area contributed by atoms with Crippen LogP contribution in [0.2, 0.25) is 0 Å². The van der Waals surface area contributed by atoms with Crippen LogP contribution in [-0.4, -0.2) is 60.8 Å². The number of aromatic nitrogens is 2. The molecule has 1 saturated heterocycles. The lowest BCUT2D eigenvalue weighted by Gasteiger charge is -2.33. The number of likely N-dealkylation sites (N-methyl/N-ethyl adjacent to an activating group) is 1. The van der Waals surface area contributed by atoms with Crippen molar-refractivity contribution in [1.29, 1.82) is 0 Å². The number of anilines is 1. The monoisotopic (exact) mass is 357 g/mol. The number of fused-ring (bicyclic) bond motifs is 1. The molecule has 8 nitrogen and oxygen atoms in total. The maximum atomic E-state index is 12.5. The maximum Gasteiger partial charge on any atom is 0.274 e. The number of ether oxygens (including phenoxy) is 1. The fraction of sp³-hybridized carbons (Fsp3) is 0.500. The fourth-order valence-corrected chi connectivity index (χ4v) is 3.25. The first-order chi connectivity index (χ1) is 12.7. The topological polar surface area (TPSA) is 83.7 Å². The van der Waals surface area contributed by atoms with E-state index in [1.165, 1.54) is 0 Å². The number of hydrogen-bond acceptors (Lipinski definition) is 7. The summed E-state index contributed by atoms with van der Waals surface area (Å²) in [5, 5.41) is 6.83. The molecule has 2 aromatic heterocycles. The van der Waals surface area contributed by atoms with Crippen LogP contribution in [0.5, 0.6) is 0 Å². The molecule has 4 heterocycles. The number of nitrogens with zero attached hydrogens (tertiary/aromatic N) is 4. The molecule has 1 N–H and O–H groups in total. The zero-order chi connectivity index (χ0) is 17.9. The lowest BCUT2D eigenvalue weighted by Crippen LogP contribution is -2.44. The van der Waals surface area contributed by atoms with Crippen LogP contribution < -0.4 is 10.2 Å². The van der Waals surface area contributed by atoms with Crippen molar-refractivity contribution in [3.63, 3.8) is 0 Å². The summed E-state index contributed by atoms with van der Waals surface area (Å²) in [4.78, 5) is 21.5. The van der Waals surface area contributed by atoms with Crippen LogP contribution in [0.25, 0.3) is 0 Å². The Hall–Kier alpha value is -2.45. The molecule has 8 heteroatoms. The SMILES string of the molecule is CN1CCN(c2cc(CNC(=O)c3noc4c3COCC4)ccn2)CC1. The minimum atomic E-state index is -0.238. The van der Waals surface area contributed by atoms with Crippen LogP contribution in [0.4, 0.5) is 5.82 Å². The van der Waals surface area contributed by atoms with Gasteiger partial charge in [0.25, 0.3) is 5.91 Å². The number of hydrogen-bond donors (Lipinski definition) is 1. The summed E-state index contributed by atoms with van der Waals surface area (Å²) in [5.74, 6) is 1.47. The molecular formula is C18H23N5O3. The Balaban J connectivity index is 1.39. The number of nitrogens with one attached hydrogen (secondary N) is 1. The van der Waals surface area contributed by atoms with Gasteiger partial charge in [0.05, 0.1) is 18.8 Å². The molecule has 0 radical (unpaired) electrons. The van der Waals surface area contributed by atoms with Gasteiger partial charge in [-0.2, -0.15) is 0 Å². The van der Waals surface area contributed by atoms with Crippen molar-refractivity contribution in [3.8, 4) is 0 Å². The van der Waals surface area contributed by atoms with Crippen molar-refractivity contribution in [2.24, 2.45) is 0 Å². The first-order valence-electron chi connectivity index (χ1n) is 8.92. The lowest BCUT2D eigenvalue weighted by atomic mass is 10.1. The summed E-state index contributed by atoms with van der Waals surface area (Å²) < 4.78 is 10.7. The van der Waals surface area contributed by atoms with Crippen molar-refractivity contribution in [3.05, 3.63) is 40.9 Å². The Bertz CT molecular complexity index is 783. The summed E-state index contributed by atoms with van der Waals surface area (Å²) in [7, 11) is 2.13. The smallest absolute Gasteiger partial charge is 0.274 e. The molecule has 0 bridgehead atoms. The van der Waals surface area contributed by atoms with Gasteiger partial charge in [-0.05, 0) is 24.7 Å². The fourth-order valence-electron chi connectivity index (χ4n) is 3.25. The van der Waals surface area contributed by atoms with E-state index in [2.05, 4.69) is 32.3 Å². The van der Waals surface area contributed by atoms with Crippen LogP contribution in [0.3, 0.4) is 0 Å². The van der Waals surface area contributed by atoms with E-state index >= 15 is 0 Å². The van der Waals surface area contributed by atoms with E-state index in [1.54, 1.807) is 6.20 Å². The largest absolute Gasteiger partial charge is 0.376 e. The van der Waals surface area contributed by atoms with E-state index < -0.39 is 0 Å². The Morgan fingerprint density at radius 3 is 3.00 bits per heavy atom. The molecular weight excluding hydrogens is 334 g/mol. The van der Waals surface area contributed by atoms with Crippen LogP contribution >= 0.6 is 0 Å². The summed E-state index contributed by atoms with van der Waals surface area (Å²) in [6.07, 6.45) is 2.45. The van der Waals surface area contributed by atoms with E-state index in [0.717, 1.165) is 48.9 Å². The summed E-state index contributed by atoms with van der Waals surface area (Å²) in [6, 6.07) is 3.95. The zero-order valence-corrected chi connectivity index (χ0v) is 14.9. The number of pyridine rings is 1. The first-order valence-corrected chi connectivity index (χ1v) is 8.92. The molecule has 138 valence electrons. The standard InChI is InChI=1S/C18H23N5O3/c1-22-5-7-23(8-6-22)16-10-13(2-4-19-16)11-20-18(24)17-14-12-25-9-3-15(14)26-21-17/h2,4,10H,3,5-9,11-12H2,1H3,(H,20,24). The number of piperazine rings is 1. The number of carbonyl (C=O) groups is 1. The highest BCUT2D eigenvalue weighted by molar-refractivity contribution is 5.93. The average Bonchev–Trinajstić information content (AvgIpc) is 3.11. The van der Waals surface area contributed by atoms with Gasteiger partial charge in [-0.1, -0.05) is 5.16 Å². The summed E-state index contributed by atoms with van der Waals surface area (Å²) in [6.45, 7) is 5.39. The van der Waals surface area contributed by atoms with Crippen molar-refractivity contribution in [1.82, 2.24) is 20.4 Å². The van der Waals surface area contributed by atoms with Gasteiger partial charge in [-0.25, -0.2) is 4.98 Å². The second-order valence-electron chi connectivity index (χ2n) is 6.73. The third kappa shape index (κ3) is 3.56. The van der Waals surface area contributed by atoms with E-state index in [4.69, 9.17) is 9.26 Å². The molecule has 2 aliphatic rings. The Morgan fingerprint density at radius 2 is 2.15 bits per heavy atom. The zero-order valence-electron chi connectivity index (χ0n) is 14.9. The van der Waals surface area contributed by atoms with Crippen LogP contribution in [0.15, 0.2) is 22.9 Å². The van der Waals surface area contributed by atoms with Gasteiger partial charge >= 0.3 is 0 Å². The minimum Gasteiger partial charge on any atom is -0.376 e. The van der Waals surface area contributed by atoms with Gasteiger partial charge in [0.1, 0.15) is 11.6 Å². The molecule has 2 aromatic rings. The molecule has 0 spiro atoms. The highest BCUT2D eigenvalue weighted by atomic mass is 16.5. The van der Waals surface area contributed by atoms with Crippen molar-refractivity contribution in [2.45, 2.75) is 19.6 Å². The predicted molar refractivity (Wildman–Crippen MR) is 95.0 cm³/mol.